The molecule has 6 N–H and O–H groups in total. The minimum atomic E-state index is -5.08. The summed E-state index contributed by atoms with van der Waals surface area (Å²) in [6.45, 7) is 1.79. The molecule has 2 amide bonds. The zero-order chi connectivity index (χ0) is 31.2. The van der Waals surface area contributed by atoms with E-state index in [0.29, 0.717) is 32.5 Å². The molecule has 230 valence electrons. The van der Waals surface area contributed by atoms with Crippen molar-refractivity contribution >= 4 is 17.8 Å². The van der Waals surface area contributed by atoms with E-state index in [1.807, 2.05) is 48.5 Å². The highest BCUT2D eigenvalue weighted by atomic mass is 19.4. The van der Waals surface area contributed by atoms with Crippen molar-refractivity contribution in [3.05, 3.63) is 107 Å². The predicted molar refractivity (Wildman–Crippen MR) is 157 cm³/mol. The third-order valence-electron chi connectivity index (χ3n) is 7.10. The molecule has 1 aliphatic rings. The van der Waals surface area contributed by atoms with Crippen molar-refractivity contribution in [2.75, 3.05) is 13.1 Å². The molecule has 0 radical (unpaired) electrons. The topological polar surface area (TPSA) is 134 Å². The van der Waals surface area contributed by atoms with Gasteiger partial charge in [-0.1, -0.05) is 84.9 Å². The zero-order valence-electron chi connectivity index (χ0n) is 23.6. The smallest absolute Gasteiger partial charge is 0.475 e. The molecular weight excluding hydrogens is 561 g/mol. The maximum atomic E-state index is 12.7. The summed E-state index contributed by atoms with van der Waals surface area (Å²) in [7, 11) is 0. The van der Waals surface area contributed by atoms with Gasteiger partial charge in [-0.2, -0.15) is 13.2 Å². The molecule has 0 bridgehead atoms. The van der Waals surface area contributed by atoms with Crippen molar-refractivity contribution in [1.29, 1.82) is 0 Å². The van der Waals surface area contributed by atoms with Crippen molar-refractivity contribution < 1.29 is 32.7 Å². The van der Waals surface area contributed by atoms with Crippen LogP contribution in [-0.2, 0) is 27.3 Å². The van der Waals surface area contributed by atoms with E-state index in [-0.39, 0.29) is 23.8 Å². The SMILES string of the molecule is NC(CCCCNC(=O)C1Cc2ccccc2CN1)C(=O)NCC(c1ccccc1)c1ccccc1.O=C(O)C(F)(F)F. The van der Waals surface area contributed by atoms with Crippen LogP contribution in [0.4, 0.5) is 13.2 Å². The normalized spacial score (nSPS) is 15.0. The van der Waals surface area contributed by atoms with Crippen LogP contribution in [0.15, 0.2) is 84.9 Å². The fraction of sp³-hybridized carbons (Fsp3) is 0.344. The number of rotatable bonds is 11. The fourth-order valence-corrected chi connectivity index (χ4v) is 4.73. The first-order chi connectivity index (χ1) is 20.6. The van der Waals surface area contributed by atoms with E-state index in [9.17, 15) is 22.8 Å². The van der Waals surface area contributed by atoms with Gasteiger partial charge in [-0.3, -0.25) is 9.59 Å². The second-order valence-electron chi connectivity index (χ2n) is 10.2. The van der Waals surface area contributed by atoms with Gasteiger partial charge in [0.25, 0.3) is 0 Å². The molecule has 3 aromatic carbocycles. The van der Waals surface area contributed by atoms with Crippen LogP contribution >= 0.6 is 0 Å². The molecule has 1 aliphatic heterocycles. The molecule has 8 nitrogen and oxygen atoms in total. The Kier molecular flexibility index (Phi) is 12.7. The van der Waals surface area contributed by atoms with Gasteiger partial charge in [0.15, 0.2) is 0 Å². The summed E-state index contributed by atoms with van der Waals surface area (Å²) in [5.74, 6) is -2.80. The number of hydrogen-bond donors (Lipinski definition) is 5. The van der Waals surface area contributed by atoms with E-state index in [2.05, 4.69) is 52.3 Å². The molecule has 0 aliphatic carbocycles. The van der Waals surface area contributed by atoms with Crippen LogP contribution in [0.2, 0.25) is 0 Å². The summed E-state index contributed by atoms with van der Waals surface area (Å²) in [6.07, 6.45) is -2.23. The van der Waals surface area contributed by atoms with Crippen LogP contribution < -0.4 is 21.7 Å². The Labute approximate surface area is 248 Å². The number of benzene rings is 3. The van der Waals surface area contributed by atoms with Gasteiger partial charge in [0, 0.05) is 25.6 Å². The van der Waals surface area contributed by atoms with E-state index in [1.165, 1.54) is 11.1 Å². The van der Waals surface area contributed by atoms with Crippen LogP contribution in [0.1, 0.15) is 47.4 Å². The van der Waals surface area contributed by atoms with Crippen molar-refractivity contribution in [1.82, 2.24) is 16.0 Å². The Hall–Kier alpha value is -4.22. The second-order valence-corrected chi connectivity index (χ2v) is 10.2. The molecule has 0 aromatic heterocycles. The van der Waals surface area contributed by atoms with Gasteiger partial charge in [-0.05, 0) is 47.9 Å². The predicted octanol–water partition coefficient (Wildman–Crippen LogP) is 3.90. The highest BCUT2D eigenvalue weighted by molar-refractivity contribution is 5.82. The quantitative estimate of drug-likeness (QED) is 0.213. The summed E-state index contributed by atoms with van der Waals surface area (Å²) in [5, 5.41) is 16.5. The fourth-order valence-electron chi connectivity index (χ4n) is 4.73. The summed E-state index contributed by atoms with van der Waals surface area (Å²) in [4.78, 5) is 34.1. The monoisotopic (exact) mass is 598 g/mol. The van der Waals surface area contributed by atoms with E-state index >= 15 is 0 Å². The number of carbonyl (C=O) groups is 3. The van der Waals surface area contributed by atoms with Crippen molar-refractivity contribution in [3.63, 3.8) is 0 Å². The van der Waals surface area contributed by atoms with Crippen LogP contribution in [0.3, 0.4) is 0 Å². The standard InChI is InChI=1S/C30H36N4O2.C2HF3O2/c31-27(17-9-10-18-32-30(36)28-19-24-15-7-8-16-25(24)20-33-28)29(35)34-21-26(22-11-3-1-4-12-22)23-13-5-2-6-14-23;3-2(4,5)1(6)7/h1-8,11-16,26-28,33H,9-10,17-21,31H2,(H,32,36)(H,34,35);(H,6,7). The number of carboxylic acid groups (broad SMARTS) is 1. The molecule has 3 aromatic rings. The van der Waals surface area contributed by atoms with Gasteiger partial charge in [0.1, 0.15) is 0 Å². The lowest BCUT2D eigenvalue weighted by Gasteiger charge is -2.25. The van der Waals surface area contributed by atoms with Crippen LogP contribution in [0.5, 0.6) is 0 Å². The molecule has 2 unspecified atom stereocenters. The lowest BCUT2D eigenvalue weighted by Crippen LogP contribution is -2.47. The number of fused-ring (bicyclic) bond motifs is 1. The number of aliphatic carboxylic acids is 1. The molecule has 0 saturated heterocycles. The number of hydrogen-bond acceptors (Lipinski definition) is 5. The Bertz CT molecular complexity index is 1280. The third-order valence-corrected chi connectivity index (χ3v) is 7.10. The van der Waals surface area contributed by atoms with E-state index in [0.717, 1.165) is 24.0 Å². The first kappa shape index (κ1) is 33.3. The van der Waals surface area contributed by atoms with Crippen molar-refractivity contribution in [2.45, 2.75) is 56.4 Å². The number of nitrogens with two attached hydrogens (primary N) is 1. The summed E-state index contributed by atoms with van der Waals surface area (Å²) >= 11 is 0. The highest BCUT2D eigenvalue weighted by Gasteiger charge is 2.38. The van der Waals surface area contributed by atoms with Crippen LogP contribution in [0.25, 0.3) is 0 Å². The average Bonchev–Trinajstić information content (AvgIpc) is 3.01. The summed E-state index contributed by atoms with van der Waals surface area (Å²) in [5.41, 5.74) is 11.0. The molecule has 0 saturated carbocycles. The summed E-state index contributed by atoms with van der Waals surface area (Å²) < 4.78 is 31.7. The lowest BCUT2D eigenvalue weighted by molar-refractivity contribution is -0.192. The Morgan fingerprint density at radius 1 is 0.860 bits per heavy atom. The molecule has 43 heavy (non-hydrogen) atoms. The van der Waals surface area contributed by atoms with Gasteiger partial charge in [-0.15, -0.1) is 0 Å². The minimum absolute atomic E-state index is 0.0272. The first-order valence-corrected chi connectivity index (χ1v) is 14.1. The maximum Gasteiger partial charge on any atom is 0.490 e. The van der Waals surface area contributed by atoms with Gasteiger partial charge in [0.05, 0.1) is 12.1 Å². The Morgan fingerprint density at radius 3 is 1.95 bits per heavy atom. The molecule has 0 spiro atoms. The largest absolute Gasteiger partial charge is 0.490 e. The first-order valence-electron chi connectivity index (χ1n) is 14.1. The Balaban J connectivity index is 0.000000646. The minimum Gasteiger partial charge on any atom is -0.475 e. The van der Waals surface area contributed by atoms with Gasteiger partial charge >= 0.3 is 12.1 Å². The van der Waals surface area contributed by atoms with Crippen molar-refractivity contribution in [3.8, 4) is 0 Å². The molecular formula is C32H37F3N4O4. The van der Waals surface area contributed by atoms with Gasteiger partial charge in [-0.25, -0.2) is 4.79 Å². The number of unbranched alkanes of at least 4 members (excludes halogenated alkanes) is 1. The highest BCUT2D eigenvalue weighted by Crippen LogP contribution is 2.24. The van der Waals surface area contributed by atoms with Crippen LogP contribution in [0, 0.1) is 0 Å². The zero-order valence-corrected chi connectivity index (χ0v) is 23.6. The van der Waals surface area contributed by atoms with Gasteiger partial charge in [0.2, 0.25) is 11.8 Å². The number of halogens is 3. The second kappa shape index (κ2) is 16.4. The van der Waals surface area contributed by atoms with Gasteiger partial charge < -0.3 is 26.8 Å². The van der Waals surface area contributed by atoms with Crippen molar-refractivity contribution in [2.24, 2.45) is 5.73 Å². The van der Waals surface area contributed by atoms with Crippen LogP contribution in [-0.4, -0.2) is 54.2 Å². The Morgan fingerprint density at radius 2 is 1.40 bits per heavy atom. The molecule has 1 heterocycles. The molecule has 2 atom stereocenters. The average molecular weight is 599 g/mol. The number of amides is 2. The van der Waals surface area contributed by atoms with E-state index in [4.69, 9.17) is 15.6 Å². The number of carbonyl (C=O) groups excluding carboxylic acids is 2. The maximum absolute atomic E-state index is 12.7. The van der Waals surface area contributed by atoms with E-state index in [1.54, 1.807) is 0 Å². The molecule has 4 rings (SSSR count). The third kappa shape index (κ3) is 10.8. The van der Waals surface area contributed by atoms with E-state index < -0.39 is 18.2 Å². The number of carboxylic acids is 1. The molecule has 11 heteroatoms. The summed E-state index contributed by atoms with van der Waals surface area (Å²) in [6, 6.07) is 27.8. The number of nitrogens with one attached hydrogen (secondary N) is 3. The number of alkyl halides is 3. The lowest BCUT2D eigenvalue weighted by atomic mass is 9.91. The molecule has 0 fully saturated rings.